The molecule has 0 saturated carbocycles. The number of nitrogens with zero attached hydrogens (tertiary/aromatic N) is 3. The van der Waals surface area contributed by atoms with Crippen molar-refractivity contribution in [3.8, 4) is 11.4 Å². The van der Waals surface area contributed by atoms with Gasteiger partial charge in [-0.25, -0.2) is 0 Å². The zero-order chi connectivity index (χ0) is 11.8. The zero-order valence-electron chi connectivity index (χ0n) is 9.04. The van der Waals surface area contributed by atoms with E-state index in [9.17, 15) is 0 Å². The van der Waals surface area contributed by atoms with E-state index >= 15 is 0 Å². The summed E-state index contributed by atoms with van der Waals surface area (Å²) in [5.74, 6) is 0.757. The highest BCUT2D eigenvalue weighted by Crippen LogP contribution is 2.21. The Morgan fingerprint density at radius 1 is 0.941 bits per heavy atom. The first-order valence-electron chi connectivity index (χ1n) is 5.21. The Bertz CT molecular complexity index is 669. The molecule has 0 radical (unpaired) electrons. The predicted octanol–water partition coefficient (Wildman–Crippen LogP) is 1.56. The summed E-state index contributed by atoms with van der Waals surface area (Å²) in [5.41, 5.74) is 14.4. The van der Waals surface area contributed by atoms with Crippen molar-refractivity contribution < 1.29 is 0 Å². The largest absolute Gasteiger partial charge is 0.399 e. The van der Waals surface area contributed by atoms with E-state index in [0.29, 0.717) is 11.3 Å². The third kappa shape index (κ3) is 1.48. The number of pyridine rings is 1. The minimum absolute atomic E-state index is 0.613. The summed E-state index contributed by atoms with van der Waals surface area (Å²) in [4.78, 5) is 0. The molecule has 0 amide bonds. The molecule has 4 N–H and O–H groups in total. The van der Waals surface area contributed by atoms with Crippen LogP contribution in [0.2, 0.25) is 0 Å². The Balaban J connectivity index is 2.24. The molecule has 0 aliphatic carbocycles. The number of hydrogen-bond acceptors (Lipinski definition) is 4. The average Bonchev–Trinajstić information content (AvgIpc) is 2.75. The number of aromatic nitrogens is 3. The monoisotopic (exact) mass is 225 g/mol. The molecular formula is C12H11N5. The summed E-state index contributed by atoms with van der Waals surface area (Å²) in [6, 6.07) is 11.2. The van der Waals surface area contributed by atoms with Gasteiger partial charge >= 0.3 is 0 Å². The second-order valence-electron chi connectivity index (χ2n) is 3.80. The molecule has 0 bridgehead atoms. The maximum atomic E-state index is 5.83. The molecular weight excluding hydrogens is 214 g/mol. The summed E-state index contributed by atoms with van der Waals surface area (Å²) >= 11 is 0. The minimum atomic E-state index is 0.613. The lowest BCUT2D eigenvalue weighted by atomic mass is 10.2. The lowest BCUT2D eigenvalue weighted by molar-refractivity contribution is 1.11. The Labute approximate surface area is 97.7 Å². The standard InChI is InChI=1S/C12H11N5/c13-9-5-3-8(4-6-9)11-15-16-12-10(14)2-1-7-17(11)12/h1-7H,13-14H2. The van der Waals surface area contributed by atoms with Gasteiger partial charge in [-0.05, 0) is 36.4 Å². The van der Waals surface area contributed by atoms with E-state index in [4.69, 9.17) is 11.5 Å². The third-order valence-electron chi connectivity index (χ3n) is 2.63. The van der Waals surface area contributed by atoms with Crippen LogP contribution in [0.15, 0.2) is 42.6 Å². The Morgan fingerprint density at radius 2 is 1.71 bits per heavy atom. The Morgan fingerprint density at radius 3 is 2.47 bits per heavy atom. The smallest absolute Gasteiger partial charge is 0.184 e. The molecule has 0 atom stereocenters. The predicted molar refractivity (Wildman–Crippen MR) is 67.2 cm³/mol. The van der Waals surface area contributed by atoms with Crippen molar-refractivity contribution in [2.45, 2.75) is 0 Å². The molecule has 0 fully saturated rings. The quantitative estimate of drug-likeness (QED) is 0.616. The van der Waals surface area contributed by atoms with Crippen LogP contribution < -0.4 is 11.5 Å². The van der Waals surface area contributed by atoms with Gasteiger partial charge in [-0.2, -0.15) is 0 Å². The zero-order valence-corrected chi connectivity index (χ0v) is 9.04. The van der Waals surface area contributed by atoms with E-state index in [1.54, 1.807) is 6.07 Å². The van der Waals surface area contributed by atoms with Crippen LogP contribution in [-0.4, -0.2) is 14.6 Å². The maximum Gasteiger partial charge on any atom is 0.184 e. The van der Waals surface area contributed by atoms with Crippen molar-refractivity contribution >= 4 is 17.0 Å². The number of nitrogens with two attached hydrogens (primary N) is 2. The van der Waals surface area contributed by atoms with E-state index in [2.05, 4.69) is 10.2 Å². The lowest BCUT2D eigenvalue weighted by Gasteiger charge is -2.01. The van der Waals surface area contributed by atoms with E-state index in [1.165, 1.54) is 0 Å². The van der Waals surface area contributed by atoms with E-state index in [0.717, 1.165) is 17.1 Å². The first-order valence-corrected chi connectivity index (χ1v) is 5.21. The van der Waals surface area contributed by atoms with Crippen LogP contribution in [0.25, 0.3) is 17.0 Å². The van der Waals surface area contributed by atoms with Crippen LogP contribution in [0.5, 0.6) is 0 Å². The van der Waals surface area contributed by atoms with Crippen molar-refractivity contribution in [1.82, 2.24) is 14.6 Å². The molecule has 84 valence electrons. The second kappa shape index (κ2) is 3.48. The topological polar surface area (TPSA) is 82.2 Å². The van der Waals surface area contributed by atoms with Gasteiger partial charge < -0.3 is 11.5 Å². The summed E-state index contributed by atoms with van der Waals surface area (Å²) in [6.45, 7) is 0. The fourth-order valence-corrected chi connectivity index (χ4v) is 1.77. The number of anilines is 2. The highest BCUT2D eigenvalue weighted by Gasteiger charge is 2.08. The molecule has 0 aliphatic rings. The van der Waals surface area contributed by atoms with Crippen LogP contribution >= 0.6 is 0 Å². The van der Waals surface area contributed by atoms with E-state index < -0.39 is 0 Å². The lowest BCUT2D eigenvalue weighted by Crippen LogP contribution is -1.93. The first-order chi connectivity index (χ1) is 8.25. The normalized spacial score (nSPS) is 10.8. The van der Waals surface area contributed by atoms with Gasteiger partial charge in [0.1, 0.15) is 0 Å². The van der Waals surface area contributed by atoms with Gasteiger partial charge in [0.15, 0.2) is 11.5 Å². The number of nitrogen functional groups attached to an aromatic ring is 2. The van der Waals surface area contributed by atoms with Gasteiger partial charge in [0, 0.05) is 17.4 Å². The Kier molecular flexibility index (Phi) is 1.98. The van der Waals surface area contributed by atoms with Gasteiger partial charge in [0.2, 0.25) is 0 Å². The van der Waals surface area contributed by atoms with Crippen LogP contribution in [0.3, 0.4) is 0 Å². The van der Waals surface area contributed by atoms with E-state index in [1.807, 2.05) is 40.9 Å². The summed E-state index contributed by atoms with van der Waals surface area (Å²) in [6.07, 6.45) is 1.89. The molecule has 3 rings (SSSR count). The molecule has 0 aliphatic heterocycles. The summed E-state index contributed by atoms with van der Waals surface area (Å²) in [7, 11) is 0. The minimum Gasteiger partial charge on any atom is -0.399 e. The fraction of sp³-hybridized carbons (Fsp3) is 0. The molecule has 5 nitrogen and oxygen atoms in total. The molecule has 2 aromatic heterocycles. The van der Waals surface area contributed by atoms with E-state index in [-0.39, 0.29) is 0 Å². The highest BCUT2D eigenvalue weighted by molar-refractivity contribution is 5.69. The van der Waals surface area contributed by atoms with Crippen molar-refractivity contribution in [3.63, 3.8) is 0 Å². The molecule has 0 spiro atoms. The van der Waals surface area contributed by atoms with Gasteiger partial charge in [0.05, 0.1) is 5.69 Å². The summed E-state index contributed by atoms with van der Waals surface area (Å²) < 4.78 is 1.86. The molecule has 17 heavy (non-hydrogen) atoms. The van der Waals surface area contributed by atoms with Crippen molar-refractivity contribution in [2.24, 2.45) is 0 Å². The van der Waals surface area contributed by atoms with Crippen LogP contribution in [0.1, 0.15) is 0 Å². The first kappa shape index (κ1) is 9.65. The van der Waals surface area contributed by atoms with Crippen LogP contribution in [-0.2, 0) is 0 Å². The van der Waals surface area contributed by atoms with Crippen LogP contribution in [0, 0.1) is 0 Å². The molecule has 5 heteroatoms. The highest BCUT2D eigenvalue weighted by atomic mass is 15.2. The van der Waals surface area contributed by atoms with Crippen molar-refractivity contribution in [1.29, 1.82) is 0 Å². The molecule has 0 unspecified atom stereocenters. The Hall–Kier alpha value is -2.56. The van der Waals surface area contributed by atoms with Gasteiger partial charge in [0.25, 0.3) is 0 Å². The third-order valence-corrected chi connectivity index (χ3v) is 2.63. The summed E-state index contributed by atoms with van der Waals surface area (Å²) in [5, 5.41) is 8.22. The second-order valence-corrected chi connectivity index (χ2v) is 3.80. The fourth-order valence-electron chi connectivity index (χ4n) is 1.77. The van der Waals surface area contributed by atoms with Gasteiger partial charge in [-0.15, -0.1) is 10.2 Å². The number of rotatable bonds is 1. The van der Waals surface area contributed by atoms with Crippen LogP contribution in [0.4, 0.5) is 11.4 Å². The number of fused-ring (bicyclic) bond motifs is 1. The van der Waals surface area contributed by atoms with Gasteiger partial charge in [-0.1, -0.05) is 0 Å². The molecule has 0 saturated heterocycles. The molecule has 1 aromatic carbocycles. The van der Waals surface area contributed by atoms with Crippen molar-refractivity contribution in [2.75, 3.05) is 11.5 Å². The SMILES string of the molecule is Nc1ccc(-c2nnc3c(N)cccn23)cc1. The number of hydrogen-bond donors (Lipinski definition) is 2. The van der Waals surface area contributed by atoms with Crippen molar-refractivity contribution in [3.05, 3.63) is 42.6 Å². The number of benzene rings is 1. The average molecular weight is 225 g/mol. The maximum absolute atomic E-state index is 5.83. The molecule has 3 aromatic rings. The van der Waals surface area contributed by atoms with Gasteiger partial charge in [-0.3, -0.25) is 4.40 Å². The molecule has 2 heterocycles.